The average molecular weight is 210 g/mol. The molecule has 88 valence electrons. The van der Waals surface area contributed by atoms with E-state index in [9.17, 15) is 0 Å². The molecular weight excluding hydrogens is 184 g/mol. The first-order chi connectivity index (χ1) is 7.35. The summed E-state index contributed by atoms with van der Waals surface area (Å²) in [6, 6.07) is 1.72. The highest BCUT2D eigenvalue weighted by Gasteiger charge is 2.32. The number of rotatable bonds is 5. The maximum Gasteiger partial charge on any atom is 0.0104 e. The minimum absolute atomic E-state index is 0.784. The Bertz CT molecular complexity index is 189. The molecule has 2 aliphatic rings. The van der Waals surface area contributed by atoms with Crippen LogP contribution < -0.4 is 5.32 Å². The SMILES string of the molecule is CCN(CC1CCCCC1NC)C1CC1. The van der Waals surface area contributed by atoms with Crippen LogP contribution in [-0.4, -0.2) is 37.1 Å². The number of hydrogen-bond acceptors (Lipinski definition) is 2. The smallest absolute Gasteiger partial charge is 0.0104 e. The molecule has 0 bridgehead atoms. The van der Waals surface area contributed by atoms with Gasteiger partial charge in [0, 0.05) is 18.6 Å². The molecule has 2 fully saturated rings. The van der Waals surface area contributed by atoms with Crippen molar-refractivity contribution in [3.05, 3.63) is 0 Å². The molecule has 0 aromatic heterocycles. The van der Waals surface area contributed by atoms with Gasteiger partial charge in [-0.3, -0.25) is 0 Å². The minimum Gasteiger partial charge on any atom is -0.317 e. The molecule has 0 radical (unpaired) electrons. The molecule has 0 heterocycles. The molecule has 2 heteroatoms. The summed E-state index contributed by atoms with van der Waals surface area (Å²) in [6.45, 7) is 4.90. The van der Waals surface area contributed by atoms with Crippen molar-refractivity contribution in [2.45, 2.75) is 57.5 Å². The molecule has 0 spiro atoms. The van der Waals surface area contributed by atoms with Crippen molar-refractivity contribution in [2.75, 3.05) is 20.1 Å². The van der Waals surface area contributed by atoms with E-state index in [0.29, 0.717) is 0 Å². The summed E-state index contributed by atoms with van der Waals surface area (Å²) >= 11 is 0. The van der Waals surface area contributed by atoms with Gasteiger partial charge in [-0.15, -0.1) is 0 Å². The second-order valence-electron chi connectivity index (χ2n) is 5.26. The number of nitrogens with zero attached hydrogens (tertiary/aromatic N) is 1. The van der Waals surface area contributed by atoms with Crippen molar-refractivity contribution in [3.63, 3.8) is 0 Å². The molecule has 2 saturated carbocycles. The summed E-state index contributed by atoms with van der Waals surface area (Å²) in [5.41, 5.74) is 0. The number of hydrogen-bond donors (Lipinski definition) is 1. The normalized spacial score (nSPS) is 32.2. The Morgan fingerprint density at radius 3 is 2.47 bits per heavy atom. The predicted molar refractivity (Wildman–Crippen MR) is 65.1 cm³/mol. The van der Waals surface area contributed by atoms with Crippen molar-refractivity contribution in [3.8, 4) is 0 Å². The van der Waals surface area contributed by atoms with Gasteiger partial charge in [-0.25, -0.2) is 0 Å². The van der Waals surface area contributed by atoms with E-state index in [-0.39, 0.29) is 0 Å². The zero-order chi connectivity index (χ0) is 10.7. The molecule has 15 heavy (non-hydrogen) atoms. The lowest BCUT2D eigenvalue weighted by atomic mass is 9.84. The van der Waals surface area contributed by atoms with Crippen LogP contribution in [0.3, 0.4) is 0 Å². The topological polar surface area (TPSA) is 15.3 Å². The molecule has 0 aliphatic heterocycles. The van der Waals surface area contributed by atoms with E-state index in [1.165, 1.54) is 51.6 Å². The van der Waals surface area contributed by atoms with Crippen molar-refractivity contribution in [1.29, 1.82) is 0 Å². The lowest BCUT2D eigenvalue weighted by Crippen LogP contribution is -2.43. The van der Waals surface area contributed by atoms with Crippen LogP contribution in [0.25, 0.3) is 0 Å². The highest BCUT2D eigenvalue weighted by molar-refractivity contribution is 4.88. The molecule has 0 aromatic rings. The van der Waals surface area contributed by atoms with Crippen molar-refractivity contribution >= 4 is 0 Å². The van der Waals surface area contributed by atoms with Gasteiger partial charge in [-0.1, -0.05) is 19.8 Å². The van der Waals surface area contributed by atoms with Crippen LogP contribution in [0.15, 0.2) is 0 Å². The van der Waals surface area contributed by atoms with Crippen LogP contribution in [0.1, 0.15) is 45.4 Å². The van der Waals surface area contributed by atoms with Gasteiger partial charge in [-0.05, 0) is 45.2 Å². The first kappa shape index (κ1) is 11.4. The lowest BCUT2D eigenvalue weighted by molar-refractivity contribution is 0.171. The minimum atomic E-state index is 0.784. The van der Waals surface area contributed by atoms with E-state index < -0.39 is 0 Å². The van der Waals surface area contributed by atoms with Crippen molar-refractivity contribution in [1.82, 2.24) is 10.2 Å². The third-order valence-corrected chi connectivity index (χ3v) is 4.22. The molecular formula is C13H26N2. The second-order valence-corrected chi connectivity index (χ2v) is 5.26. The van der Waals surface area contributed by atoms with E-state index in [1.54, 1.807) is 0 Å². The van der Waals surface area contributed by atoms with Crippen LogP contribution in [0.2, 0.25) is 0 Å². The molecule has 0 saturated heterocycles. The largest absolute Gasteiger partial charge is 0.317 e. The van der Waals surface area contributed by atoms with E-state index in [2.05, 4.69) is 24.2 Å². The zero-order valence-electron chi connectivity index (χ0n) is 10.3. The van der Waals surface area contributed by atoms with Crippen LogP contribution >= 0.6 is 0 Å². The van der Waals surface area contributed by atoms with E-state index in [0.717, 1.165) is 18.0 Å². The molecule has 0 aromatic carbocycles. The molecule has 2 nitrogen and oxygen atoms in total. The van der Waals surface area contributed by atoms with Gasteiger partial charge in [0.25, 0.3) is 0 Å². The van der Waals surface area contributed by atoms with Crippen molar-refractivity contribution in [2.24, 2.45) is 5.92 Å². The fourth-order valence-electron chi connectivity index (χ4n) is 3.08. The fraction of sp³-hybridized carbons (Fsp3) is 1.00. The molecule has 2 unspecified atom stereocenters. The summed E-state index contributed by atoms with van der Waals surface area (Å²) in [6.07, 6.45) is 8.61. The maximum atomic E-state index is 3.52. The monoisotopic (exact) mass is 210 g/mol. The molecule has 2 atom stereocenters. The predicted octanol–water partition coefficient (Wildman–Crippen LogP) is 2.25. The summed E-state index contributed by atoms with van der Waals surface area (Å²) in [5.74, 6) is 0.907. The Hall–Kier alpha value is -0.0800. The number of nitrogens with one attached hydrogen (secondary N) is 1. The molecule has 0 amide bonds. The summed E-state index contributed by atoms with van der Waals surface area (Å²) in [7, 11) is 2.14. The Labute approximate surface area is 94.4 Å². The Morgan fingerprint density at radius 2 is 1.87 bits per heavy atom. The van der Waals surface area contributed by atoms with E-state index in [1.807, 2.05) is 0 Å². The Balaban J connectivity index is 1.84. The Kier molecular flexibility index (Phi) is 4.04. The third-order valence-electron chi connectivity index (χ3n) is 4.22. The third kappa shape index (κ3) is 2.94. The van der Waals surface area contributed by atoms with Gasteiger partial charge in [0.05, 0.1) is 0 Å². The molecule has 2 rings (SSSR count). The first-order valence-corrected chi connectivity index (χ1v) is 6.76. The summed E-state index contributed by atoms with van der Waals surface area (Å²) < 4.78 is 0. The lowest BCUT2D eigenvalue weighted by Gasteiger charge is -2.35. The van der Waals surface area contributed by atoms with Gasteiger partial charge in [0.1, 0.15) is 0 Å². The van der Waals surface area contributed by atoms with Crippen LogP contribution in [0.4, 0.5) is 0 Å². The van der Waals surface area contributed by atoms with Gasteiger partial charge in [-0.2, -0.15) is 0 Å². The quantitative estimate of drug-likeness (QED) is 0.749. The van der Waals surface area contributed by atoms with Gasteiger partial charge in [0.15, 0.2) is 0 Å². The average Bonchev–Trinajstić information content (AvgIpc) is 3.10. The summed E-state index contributed by atoms with van der Waals surface area (Å²) in [4.78, 5) is 2.71. The van der Waals surface area contributed by atoms with Gasteiger partial charge >= 0.3 is 0 Å². The van der Waals surface area contributed by atoms with Gasteiger partial charge < -0.3 is 10.2 Å². The van der Waals surface area contributed by atoms with E-state index in [4.69, 9.17) is 0 Å². The standard InChI is InChI=1S/C13H26N2/c1-3-15(12-8-9-12)10-11-6-4-5-7-13(11)14-2/h11-14H,3-10H2,1-2H3. The second kappa shape index (κ2) is 5.31. The van der Waals surface area contributed by atoms with Gasteiger partial charge in [0.2, 0.25) is 0 Å². The summed E-state index contributed by atoms with van der Waals surface area (Å²) in [5, 5.41) is 3.52. The van der Waals surface area contributed by atoms with Crippen LogP contribution in [0, 0.1) is 5.92 Å². The van der Waals surface area contributed by atoms with Crippen molar-refractivity contribution < 1.29 is 0 Å². The molecule has 2 aliphatic carbocycles. The zero-order valence-corrected chi connectivity index (χ0v) is 10.3. The molecule has 1 N–H and O–H groups in total. The van der Waals surface area contributed by atoms with E-state index >= 15 is 0 Å². The Morgan fingerprint density at radius 1 is 1.13 bits per heavy atom. The fourth-order valence-corrected chi connectivity index (χ4v) is 3.08. The van der Waals surface area contributed by atoms with Crippen LogP contribution in [-0.2, 0) is 0 Å². The highest BCUT2D eigenvalue weighted by Crippen LogP contribution is 2.31. The highest BCUT2D eigenvalue weighted by atomic mass is 15.2. The maximum absolute atomic E-state index is 3.52. The first-order valence-electron chi connectivity index (χ1n) is 6.76. The van der Waals surface area contributed by atoms with Crippen LogP contribution in [0.5, 0.6) is 0 Å².